The maximum Gasteiger partial charge on any atom is 0.265 e. The van der Waals surface area contributed by atoms with E-state index in [0.717, 1.165) is 4.47 Å². The van der Waals surface area contributed by atoms with E-state index in [1.165, 1.54) is 4.90 Å². The van der Waals surface area contributed by atoms with Crippen molar-refractivity contribution in [1.29, 1.82) is 0 Å². The smallest absolute Gasteiger partial charge is 0.265 e. The van der Waals surface area contributed by atoms with E-state index < -0.39 is 0 Å². The van der Waals surface area contributed by atoms with Crippen LogP contribution in [0.5, 0.6) is 5.75 Å². The topological polar surface area (TPSA) is 84.7 Å². The second-order valence-corrected chi connectivity index (χ2v) is 5.94. The molecule has 6 nitrogen and oxygen atoms in total. The molecular formula is C14H19BrClN3O3. The Hall–Kier alpha value is -1.31. The number of nitrogens with zero attached hydrogens (tertiary/aromatic N) is 1. The number of anilines is 1. The molecule has 0 spiro atoms. The van der Waals surface area contributed by atoms with Gasteiger partial charge in [-0.2, -0.15) is 0 Å². The van der Waals surface area contributed by atoms with Gasteiger partial charge in [0.2, 0.25) is 5.91 Å². The van der Waals surface area contributed by atoms with Crippen LogP contribution in [0.3, 0.4) is 0 Å². The minimum Gasteiger partial charge on any atom is -0.482 e. The number of benzene rings is 1. The maximum absolute atomic E-state index is 12.0. The molecule has 1 heterocycles. The fraction of sp³-hybridized carbons (Fsp3) is 0.429. The number of nitrogens with one attached hydrogen (secondary N) is 1. The van der Waals surface area contributed by atoms with Gasteiger partial charge in [-0.05, 0) is 30.7 Å². The first-order valence-electron chi connectivity index (χ1n) is 6.70. The van der Waals surface area contributed by atoms with Crippen molar-refractivity contribution in [1.82, 2.24) is 5.32 Å². The minimum atomic E-state index is -0.230. The van der Waals surface area contributed by atoms with Crippen LogP contribution in [-0.4, -0.2) is 38.1 Å². The predicted octanol–water partition coefficient (Wildman–Crippen LogP) is 1.31. The van der Waals surface area contributed by atoms with Crippen LogP contribution in [0.2, 0.25) is 0 Å². The quantitative estimate of drug-likeness (QED) is 0.791. The molecule has 0 fully saturated rings. The lowest BCUT2D eigenvalue weighted by atomic mass is 10.2. The van der Waals surface area contributed by atoms with Gasteiger partial charge in [0.1, 0.15) is 12.3 Å². The van der Waals surface area contributed by atoms with Gasteiger partial charge >= 0.3 is 0 Å². The van der Waals surface area contributed by atoms with E-state index in [4.69, 9.17) is 10.5 Å². The highest BCUT2D eigenvalue weighted by atomic mass is 79.9. The average Bonchev–Trinajstić information content (AvgIpc) is 2.47. The van der Waals surface area contributed by atoms with E-state index in [2.05, 4.69) is 21.2 Å². The van der Waals surface area contributed by atoms with E-state index >= 15 is 0 Å². The number of halogens is 2. The van der Waals surface area contributed by atoms with Gasteiger partial charge in [0, 0.05) is 11.0 Å². The first-order valence-corrected chi connectivity index (χ1v) is 7.50. The molecule has 2 rings (SSSR count). The van der Waals surface area contributed by atoms with Crippen molar-refractivity contribution in [2.45, 2.75) is 6.92 Å². The Morgan fingerprint density at radius 2 is 2.27 bits per heavy atom. The number of amides is 2. The SMILES string of the molecule is CC(CN)CNC(=O)CN1C(=O)COc2cc(Br)ccc21.Cl. The molecule has 1 aliphatic heterocycles. The molecule has 1 aliphatic rings. The molecule has 0 aliphatic carbocycles. The lowest BCUT2D eigenvalue weighted by Crippen LogP contribution is -2.46. The van der Waals surface area contributed by atoms with Crippen LogP contribution in [0.4, 0.5) is 5.69 Å². The third kappa shape index (κ3) is 4.59. The number of carbonyl (C=O) groups excluding carboxylic acids is 2. The van der Waals surface area contributed by atoms with Gasteiger partial charge in [-0.3, -0.25) is 14.5 Å². The molecule has 122 valence electrons. The summed E-state index contributed by atoms with van der Waals surface area (Å²) in [5.41, 5.74) is 6.11. The lowest BCUT2D eigenvalue weighted by Gasteiger charge is -2.29. The molecule has 1 unspecified atom stereocenters. The van der Waals surface area contributed by atoms with Gasteiger partial charge in [-0.1, -0.05) is 22.9 Å². The molecule has 3 N–H and O–H groups in total. The molecule has 22 heavy (non-hydrogen) atoms. The number of carbonyl (C=O) groups is 2. The summed E-state index contributed by atoms with van der Waals surface area (Å²) in [6.07, 6.45) is 0. The van der Waals surface area contributed by atoms with E-state index in [-0.39, 0.29) is 43.3 Å². The van der Waals surface area contributed by atoms with Crippen LogP contribution in [-0.2, 0) is 9.59 Å². The highest BCUT2D eigenvalue weighted by Gasteiger charge is 2.27. The molecule has 2 amide bonds. The second-order valence-electron chi connectivity index (χ2n) is 5.03. The van der Waals surface area contributed by atoms with Gasteiger partial charge in [0.25, 0.3) is 5.91 Å². The number of ether oxygens (including phenoxy) is 1. The first-order chi connectivity index (χ1) is 10.0. The standard InChI is InChI=1S/C14H18BrN3O3.ClH/c1-9(5-16)6-17-13(19)7-18-11-3-2-10(15)4-12(11)21-8-14(18)20;/h2-4,9H,5-8,16H2,1H3,(H,17,19);1H. The number of nitrogens with two attached hydrogens (primary N) is 1. The number of fused-ring (bicyclic) bond motifs is 1. The molecule has 0 saturated carbocycles. The van der Waals surface area contributed by atoms with Crippen LogP contribution < -0.4 is 20.7 Å². The summed E-state index contributed by atoms with van der Waals surface area (Å²) in [6, 6.07) is 5.34. The lowest BCUT2D eigenvalue weighted by molar-refractivity contribution is -0.125. The van der Waals surface area contributed by atoms with Gasteiger partial charge in [-0.25, -0.2) is 0 Å². The Kier molecular flexibility index (Phi) is 7.12. The number of hydrogen-bond donors (Lipinski definition) is 2. The van der Waals surface area contributed by atoms with Gasteiger partial charge in [0.15, 0.2) is 6.61 Å². The monoisotopic (exact) mass is 391 g/mol. The fourth-order valence-corrected chi connectivity index (χ4v) is 2.26. The van der Waals surface area contributed by atoms with Gasteiger partial charge in [0.05, 0.1) is 5.69 Å². The van der Waals surface area contributed by atoms with Crippen molar-refractivity contribution in [3.8, 4) is 5.75 Å². The van der Waals surface area contributed by atoms with Crippen LogP contribution in [0.1, 0.15) is 6.92 Å². The van der Waals surface area contributed by atoms with Gasteiger partial charge < -0.3 is 15.8 Å². The highest BCUT2D eigenvalue weighted by Crippen LogP contribution is 2.34. The summed E-state index contributed by atoms with van der Waals surface area (Å²) in [4.78, 5) is 25.4. The van der Waals surface area contributed by atoms with Crippen molar-refractivity contribution in [2.75, 3.05) is 31.1 Å². The largest absolute Gasteiger partial charge is 0.482 e. The minimum absolute atomic E-state index is 0. The van der Waals surface area contributed by atoms with E-state index in [0.29, 0.717) is 24.5 Å². The fourth-order valence-electron chi connectivity index (χ4n) is 1.92. The number of rotatable bonds is 5. The Morgan fingerprint density at radius 3 is 2.95 bits per heavy atom. The predicted molar refractivity (Wildman–Crippen MR) is 90.5 cm³/mol. The highest BCUT2D eigenvalue weighted by molar-refractivity contribution is 9.10. The van der Waals surface area contributed by atoms with Crippen molar-refractivity contribution < 1.29 is 14.3 Å². The molecule has 0 saturated heterocycles. The van der Waals surface area contributed by atoms with Crippen molar-refractivity contribution in [2.24, 2.45) is 11.7 Å². The molecule has 0 bridgehead atoms. The summed E-state index contributed by atoms with van der Waals surface area (Å²) in [5, 5.41) is 2.78. The summed E-state index contributed by atoms with van der Waals surface area (Å²) in [6.45, 7) is 2.88. The summed E-state index contributed by atoms with van der Waals surface area (Å²) in [7, 11) is 0. The van der Waals surface area contributed by atoms with E-state index in [1.54, 1.807) is 12.1 Å². The third-order valence-corrected chi connectivity index (χ3v) is 3.71. The Labute approximate surface area is 143 Å². The molecule has 1 aromatic rings. The van der Waals surface area contributed by atoms with Crippen molar-refractivity contribution in [3.05, 3.63) is 22.7 Å². The first kappa shape index (κ1) is 18.7. The normalized spacial score (nSPS) is 14.5. The average molecular weight is 393 g/mol. The zero-order chi connectivity index (χ0) is 15.4. The summed E-state index contributed by atoms with van der Waals surface area (Å²) >= 11 is 3.35. The number of hydrogen-bond acceptors (Lipinski definition) is 4. The zero-order valence-corrected chi connectivity index (χ0v) is 14.6. The van der Waals surface area contributed by atoms with Crippen LogP contribution >= 0.6 is 28.3 Å². The molecule has 0 radical (unpaired) electrons. The summed E-state index contributed by atoms with van der Waals surface area (Å²) in [5.74, 6) is 0.357. The molecule has 8 heteroatoms. The molecule has 0 aromatic heterocycles. The van der Waals surface area contributed by atoms with E-state index in [9.17, 15) is 9.59 Å². The zero-order valence-electron chi connectivity index (χ0n) is 12.2. The van der Waals surface area contributed by atoms with Crippen LogP contribution in [0.25, 0.3) is 0 Å². The van der Waals surface area contributed by atoms with Crippen molar-refractivity contribution in [3.63, 3.8) is 0 Å². The maximum atomic E-state index is 12.0. The van der Waals surface area contributed by atoms with Crippen molar-refractivity contribution >= 4 is 45.8 Å². The Bertz CT molecular complexity index is 556. The van der Waals surface area contributed by atoms with E-state index in [1.807, 2.05) is 13.0 Å². The Balaban J connectivity index is 0.00000242. The molecule has 1 aromatic carbocycles. The Morgan fingerprint density at radius 1 is 1.55 bits per heavy atom. The van der Waals surface area contributed by atoms with Crippen LogP contribution in [0.15, 0.2) is 22.7 Å². The second kappa shape index (κ2) is 8.36. The summed E-state index contributed by atoms with van der Waals surface area (Å²) < 4.78 is 6.23. The third-order valence-electron chi connectivity index (χ3n) is 3.22. The molecular weight excluding hydrogens is 374 g/mol. The molecule has 1 atom stereocenters. The van der Waals surface area contributed by atoms with Crippen LogP contribution in [0, 0.1) is 5.92 Å². The van der Waals surface area contributed by atoms with Gasteiger partial charge in [-0.15, -0.1) is 12.4 Å².